The number of thiophene rings is 1. The van der Waals surface area contributed by atoms with Gasteiger partial charge in [-0.25, -0.2) is 0 Å². The Bertz CT molecular complexity index is 722. The van der Waals surface area contributed by atoms with Gasteiger partial charge in [-0.1, -0.05) is 47.5 Å². The molecular formula is C21H29Cl2NO4S. The van der Waals surface area contributed by atoms with Crippen molar-refractivity contribution in [2.24, 2.45) is 17.6 Å². The lowest BCUT2D eigenvalue weighted by Crippen LogP contribution is -2.20. The molecule has 162 valence electrons. The second kappa shape index (κ2) is 12.1. The van der Waals surface area contributed by atoms with Crippen LogP contribution in [0.3, 0.4) is 0 Å². The highest BCUT2D eigenvalue weighted by Gasteiger charge is 2.39. The smallest absolute Gasteiger partial charge is 0.217 e. The van der Waals surface area contributed by atoms with Crippen LogP contribution in [0.4, 0.5) is 0 Å². The van der Waals surface area contributed by atoms with Crippen LogP contribution in [0.15, 0.2) is 30.4 Å². The van der Waals surface area contributed by atoms with E-state index >= 15 is 0 Å². The van der Waals surface area contributed by atoms with Crippen molar-refractivity contribution in [1.82, 2.24) is 0 Å². The molecule has 1 saturated carbocycles. The number of hydrogen-bond acceptors (Lipinski definition) is 5. The first-order valence-electron chi connectivity index (χ1n) is 9.87. The molecule has 8 heteroatoms. The van der Waals surface area contributed by atoms with Gasteiger partial charge in [-0.05, 0) is 49.7 Å². The fourth-order valence-corrected chi connectivity index (χ4v) is 5.22. The van der Waals surface area contributed by atoms with E-state index in [-0.39, 0.29) is 17.7 Å². The van der Waals surface area contributed by atoms with Crippen LogP contribution in [0.1, 0.15) is 44.1 Å². The number of carbonyl (C=O) groups is 1. The first-order chi connectivity index (χ1) is 13.8. The number of aliphatic hydroxyl groups is 3. The average Bonchev–Trinajstić information content (AvgIpc) is 3.11. The van der Waals surface area contributed by atoms with Gasteiger partial charge in [0.25, 0.3) is 0 Å². The minimum absolute atomic E-state index is 0.106. The number of hydrogen-bond donors (Lipinski definition) is 4. The number of nitrogens with two attached hydrogens (primary N) is 1. The zero-order valence-electron chi connectivity index (χ0n) is 16.2. The third-order valence-corrected chi connectivity index (χ3v) is 6.85. The second-order valence-electron chi connectivity index (χ2n) is 7.52. The van der Waals surface area contributed by atoms with E-state index in [1.54, 1.807) is 6.08 Å². The summed E-state index contributed by atoms with van der Waals surface area (Å²) in [6.07, 6.45) is 9.47. The van der Waals surface area contributed by atoms with Crippen molar-refractivity contribution in [1.29, 1.82) is 0 Å². The summed E-state index contributed by atoms with van der Waals surface area (Å²) < 4.78 is 1.27. The monoisotopic (exact) mass is 461 g/mol. The van der Waals surface area contributed by atoms with Crippen molar-refractivity contribution < 1.29 is 20.1 Å². The predicted octanol–water partition coefficient (Wildman–Crippen LogP) is 3.86. The van der Waals surface area contributed by atoms with E-state index in [1.807, 2.05) is 24.3 Å². The lowest BCUT2D eigenvalue weighted by molar-refractivity contribution is -0.118. The highest BCUT2D eigenvalue weighted by Crippen LogP contribution is 2.36. The van der Waals surface area contributed by atoms with Crippen molar-refractivity contribution >= 4 is 40.4 Å². The van der Waals surface area contributed by atoms with Gasteiger partial charge in [-0.15, -0.1) is 11.3 Å². The molecular weight excluding hydrogens is 433 g/mol. The Kier molecular flexibility index (Phi) is 10.2. The van der Waals surface area contributed by atoms with Gasteiger partial charge in [0.1, 0.15) is 0 Å². The van der Waals surface area contributed by atoms with Crippen LogP contribution < -0.4 is 5.73 Å². The summed E-state index contributed by atoms with van der Waals surface area (Å²) in [7, 11) is 0. The van der Waals surface area contributed by atoms with Crippen LogP contribution in [0.5, 0.6) is 0 Å². The quantitative estimate of drug-likeness (QED) is 0.296. The Labute approximate surface area is 185 Å². The summed E-state index contributed by atoms with van der Waals surface area (Å²) in [5, 5.41) is 30.8. The Morgan fingerprint density at radius 1 is 1.31 bits per heavy atom. The summed E-state index contributed by atoms with van der Waals surface area (Å²) in [5.41, 5.74) is 6.04. The number of amides is 1. The van der Waals surface area contributed by atoms with Gasteiger partial charge < -0.3 is 21.1 Å². The molecule has 0 radical (unpaired) electrons. The average molecular weight is 462 g/mol. The lowest BCUT2D eigenvalue weighted by Gasteiger charge is -2.19. The van der Waals surface area contributed by atoms with E-state index in [4.69, 9.17) is 28.9 Å². The Balaban J connectivity index is 1.84. The van der Waals surface area contributed by atoms with Gasteiger partial charge in [0, 0.05) is 18.8 Å². The van der Waals surface area contributed by atoms with Crippen molar-refractivity contribution in [2.75, 3.05) is 0 Å². The molecule has 5 nitrogen and oxygen atoms in total. The standard InChI is InChI=1S/C21H29Cl2NO4S/c22-19-11-13(21(23)29-19)7-8-14(25)9-10-16-15(17(26)12-18(16)27)5-3-1-2-4-6-20(24)28/h1,3,9-11,14-18,25-27H,2,4-8,12H2,(H2,24,28). The summed E-state index contributed by atoms with van der Waals surface area (Å²) in [6, 6.07) is 1.81. The molecule has 0 saturated heterocycles. The van der Waals surface area contributed by atoms with E-state index in [9.17, 15) is 20.1 Å². The summed E-state index contributed by atoms with van der Waals surface area (Å²) in [6.45, 7) is 0. The lowest BCUT2D eigenvalue weighted by atomic mass is 9.89. The molecule has 29 heavy (non-hydrogen) atoms. The van der Waals surface area contributed by atoms with E-state index in [1.165, 1.54) is 11.3 Å². The van der Waals surface area contributed by atoms with Gasteiger partial charge in [-0.3, -0.25) is 4.79 Å². The topological polar surface area (TPSA) is 104 Å². The Hall–Kier alpha value is -0.890. The Morgan fingerprint density at radius 3 is 2.72 bits per heavy atom. The summed E-state index contributed by atoms with van der Waals surface area (Å²) >= 11 is 13.4. The number of halogens is 2. The summed E-state index contributed by atoms with van der Waals surface area (Å²) in [4.78, 5) is 10.7. The molecule has 5 atom stereocenters. The molecule has 1 fully saturated rings. The minimum Gasteiger partial charge on any atom is -0.393 e. The molecule has 1 aromatic heterocycles. The minimum atomic E-state index is -0.667. The molecule has 5 unspecified atom stereocenters. The van der Waals surface area contributed by atoms with E-state index in [0.717, 1.165) is 12.0 Å². The summed E-state index contributed by atoms with van der Waals surface area (Å²) in [5.74, 6) is -0.624. The van der Waals surface area contributed by atoms with Crippen molar-refractivity contribution in [3.63, 3.8) is 0 Å². The zero-order chi connectivity index (χ0) is 21.4. The maximum absolute atomic E-state index is 10.7. The maximum Gasteiger partial charge on any atom is 0.217 e. The van der Waals surface area contributed by atoms with Crippen LogP contribution in [0.2, 0.25) is 8.67 Å². The first-order valence-corrected chi connectivity index (χ1v) is 11.4. The van der Waals surface area contributed by atoms with Crippen molar-refractivity contribution in [2.45, 2.75) is 63.3 Å². The largest absolute Gasteiger partial charge is 0.393 e. The van der Waals surface area contributed by atoms with Crippen LogP contribution in [0.25, 0.3) is 0 Å². The number of primary amides is 1. The maximum atomic E-state index is 10.7. The fraction of sp³-hybridized carbons (Fsp3) is 0.571. The SMILES string of the molecule is NC(=O)CCCC=CCC1C(O)CC(O)C1C=CC(O)CCc1cc(Cl)sc1Cl. The number of rotatable bonds is 11. The van der Waals surface area contributed by atoms with Gasteiger partial charge in [0.15, 0.2) is 0 Å². The number of aliphatic hydroxyl groups excluding tert-OH is 3. The number of unbranched alkanes of at least 4 members (excludes halogenated alkanes) is 1. The van der Waals surface area contributed by atoms with Crippen molar-refractivity contribution in [3.8, 4) is 0 Å². The van der Waals surface area contributed by atoms with Crippen molar-refractivity contribution in [3.05, 3.63) is 44.6 Å². The van der Waals surface area contributed by atoms with E-state index < -0.39 is 18.3 Å². The third kappa shape index (κ3) is 8.04. The van der Waals surface area contributed by atoms with Gasteiger partial charge in [0.2, 0.25) is 5.91 Å². The zero-order valence-corrected chi connectivity index (χ0v) is 18.5. The van der Waals surface area contributed by atoms with E-state index in [0.29, 0.717) is 47.2 Å². The van der Waals surface area contributed by atoms with E-state index in [2.05, 4.69) is 0 Å². The number of aryl methyl sites for hydroxylation is 1. The normalized spacial score (nSPS) is 26.0. The molecule has 0 spiro atoms. The highest BCUT2D eigenvalue weighted by molar-refractivity contribution is 7.20. The van der Waals surface area contributed by atoms with Gasteiger partial charge >= 0.3 is 0 Å². The molecule has 0 bridgehead atoms. The molecule has 1 amide bonds. The van der Waals surface area contributed by atoms with Crippen LogP contribution in [-0.2, 0) is 11.2 Å². The second-order valence-corrected chi connectivity index (χ2v) is 9.80. The number of allylic oxidation sites excluding steroid dienone is 2. The van der Waals surface area contributed by atoms with Gasteiger partial charge in [-0.2, -0.15) is 0 Å². The molecule has 0 aromatic carbocycles. The molecule has 5 N–H and O–H groups in total. The molecule has 1 aromatic rings. The van der Waals surface area contributed by atoms with Gasteiger partial charge in [0.05, 0.1) is 27.0 Å². The Morgan fingerprint density at radius 2 is 2.07 bits per heavy atom. The molecule has 0 aliphatic heterocycles. The van der Waals surface area contributed by atoms with Crippen LogP contribution in [-0.4, -0.2) is 39.5 Å². The molecule has 1 aliphatic rings. The third-order valence-electron chi connectivity index (χ3n) is 5.28. The molecule has 1 heterocycles. The highest BCUT2D eigenvalue weighted by atomic mass is 35.5. The molecule has 2 rings (SSSR count). The van der Waals surface area contributed by atoms with Crippen LogP contribution >= 0.6 is 34.5 Å². The van der Waals surface area contributed by atoms with Crippen LogP contribution in [0, 0.1) is 11.8 Å². The number of carbonyl (C=O) groups excluding carboxylic acids is 1. The molecule has 1 aliphatic carbocycles. The predicted molar refractivity (Wildman–Crippen MR) is 118 cm³/mol. The first kappa shape index (κ1) is 24.4. The fourth-order valence-electron chi connectivity index (χ4n) is 3.67.